The molecule has 0 aliphatic carbocycles. The van der Waals surface area contributed by atoms with Crippen molar-refractivity contribution in [1.82, 2.24) is 4.90 Å². The molecule has 15 heavy (non-hydrogen) atoms. The van der Waals surface area contributed by atoms with Crippen molar-refractivity contribution in [1.29, 1.82) is 0 Å². The Hall–Kier alpha value is -0.603. The lowest BCUT2D eigenvalue weighted by atomic mass is 10.1. The van der Waals surface area contributed by atoms with E-state index in [9.17, 15) is 0 Å². The molecule has 0 saturated heterocycles. The van der Waals surface area contributed by atoms with Crippen LogP contribution in [0.3, 0.4) is 0 Å². The zero-order chi connectivity index (χ0) is 11.6. The molecule has 0 aromatic heterocycles. The Morgan fingerprint density at radius 1 is 1.07 bits per heavy atom. The molecule has 0 radical (unpaired) electrons. The van der Waals surface area contributed by atoms with Crippen LogP contribution in [0.4, 0.5) is 0 Å². The average molecular weight is 221 g/mol. The number of rotatable bonds is 3. The second kappa shape index (κ2) is 4.50. The van der Waals surface area contributed by atoms with Crippen LogP contribution < -0.4 is 0 Å². The maximum atomic E-state index is 2.43. The lowest BCUT2D eigenvalue weighted by molar-refractivity contribution is 0.370. The first kappa shape index (κ1) is 12.5. The summed E-state index contributed by atoms with van der Waals surface area (Å²) in [5.41, 5.74) is 3.53. The summed E-state index contributed by atoms with van der Waals surface area (Å²) in [4.78, 5) is 2.37. The molecule has 1 nitrogen and oxygen atoms in total. The molecular formula is C13H23NSi. The standard InChI is InChI=1S/C13H23NSi/c1-11-9-7-8-10-12(11)13(14(2)3)15(4,5)6/h7-10,13H,1-6H3. The van der Waals surface area contributed by atoms with Crippen LogP contribution in [0.5, 0.6) is 0 Å². The Bertz CT molecular complexity index is 326. The minimum absolute atomic E-state index is 0.610. The van der Waals surface area contributed by atoms with Crippen LogP contribution in [-0.2, 0) is 0 Å². The van der Waals surface area contributed by atoms with Gasteiger partial charge >= 0.3 is 0 Å². The van der Waals surface area contributed by atoms with Crippen molar-refractivity contribution >= 4 is 8.07 Å². The summed E-state index contributed by atoms with van der Waals surface area (Å²) in [6, 6.07) is 8.76. The molecule has 0 heterocycles. The van der Waals surface area contributed by atoms with E-state index >= 15 is 0 Å². The van der Waals surface area contributed by atoms with Crippen molar-refractivity contribution in [3.05, 3.63) is 35.4 Å². The maximum Gasteiger partial charge on any atom is 0.0694 e. The van der Waals surface area contributed by atoms with E-state index in [-0.39, 0.29) is 0 Å². The van der Waals surface area contributed by atoms with Gasteiger partial charge in [0, 0.05) is 5.67 Å². The van der Waals surface area contributed by atoms with Crippen LogP contribution >= 0.6 is 0 Å². The Kier molecular flexibility index (Phi) is 3.74. The number of nitrogens with zero attached hydrogens (tertiary/aromatic N) is 1. The zero-order valence-corrected chi connectivity index (χ0v) is 11.8. The quantitative estimate of drug-likeness (QED) is 0.706. The molecule has 0 spiro atoms. The highest BCUT2D eigenvalue weighted by Gasteiger charge is 2.30. The molecule has 84 valence electrons. The SMILES string of the molecule is Cc1ccccc1C(N(C)C)[Si](C)(C)C. The predicted octanol–water partition coefficient (Wildman–Crippen LogP) is 3.48. The molecule has 1 rings (SSSR count). The highest BCUT2D eigenvalue weighted by atomic mass is 28.3. The van der Waals surface area contributed by atoms with Gasteiger partial charge in [0.15, 0.2) is 0 Å². The average Bonchev–Trinajstić information content (AvgIpc) is 2.05. The van der Waals surface area contributed by atoms with Gasteiger partial charge in [-0.05, 0) is 32.1 Å². The molecule has 1 aromatic rings. The van der Waals surface area contributed by atoms with E-state index in [1.165, 1.54) is 11.1 Å². The Balaban J connectivity index is 3.17. The third-order valence-corrected chi connectivity index (χ3v) is 5.29. The second-order valence-electron chi connectivity index (χ2n) is 5.59. The summed E-state index contributed by atoms with van der Waals surface area (Å²) in [5, 5.41) is 0. The largest absolute Gasteiger partial charge is 0.305 e. The van der Waals surface area contributed by atoms with Crippen LogP contribution in [0.25, 0.3) is 0 Å². The molecule has 0 aliphatic rings. The highest BCUT2D eigenvalue weighted by molar-refractivity contribution is 6.77. The van der Waals surface area contributed by atoms with Gasteiger partial charge in [0.05, 0.1) is 8.07 Å². The van der Waals surface area contributed by atoms with E-state index in [1.54, 1.807) is 0 Å². The summed E-state index contributed by atoms with van der Waals surface area (Å²) in [6.45, 7) is 9.52. The fourth-order valence-corrected chi connectivity index (χ4v) is 5.22. The van der Waals surface area contributed by atoms with Gasteiger partial charge in [0.1, 0.15) is 0 Å². The molecule has 0 aliphatic heterocycles. The van der Waals surface area contributed by atoms with Crippen molar-refractivity contribution in [3.8, 4) is 0 Å². The Morgan fingerprint density at radius 2 is 1.60 bits per heavy atom. The monoisotopic (exact) mass is 221 g/mol. The fraction of sp³-hybridized carbons (Fsp3) is 0.538. The van der Waals surface area contributed by atoms with E-state index < -0.39 is 8.07 Å². The predicted molar refractivity (Wildman–Crippen MR) is 71.0 cm³/mol. The first-order valence-corrected chi connectivity index (χ1v) is 9.13. The van der Waals surface area contributed by atoms with E-state index in [0.717, 1.165) is 0 Å². The molecule has 1 atom stereocenters. The van der Waals surface area contributed by atoms with E-state index in [4.69, 9.17) is 0 Å². The summed E-state index contributed by atoms with van der Waals surface area (Å²) in [6.07, 6.45) is 0. The zero-order valence-electron chi connectivity index (χ0n) is 10.8. The Labute approximate surface area is 95.1 Å². The van der Waals surface area contributed by atoms with Gasteiger partial charge in [-0.2, -0.15) is 0 Å². The van der Waals surface area contributed by atoms with Crippen molar-refractivity contribution in [2.45, 2.75) is 32.2 Å². The third-order valence-electron chi connectivity index (χ3n) is 2.82. The lowest BCUT2D eigenvalue weighted by Gasteiger charge is -2.36. The fourth-order valence-electron chi connectivity index (χ4n) is 2.41. The molecule has 0 amide bonds. The minimum Gasteiger partial charge on any atom is -0.305 e. The molecular weight excluding hydrogens is 198 g/mol. The van der Waals surface area contributed by atoms with E-state index in [0.29, 0.717) is 5.67 Å². The third kappa shape index (κ3) is 2.92. The van der Waals surface area contributed by atoms with Gasteiger partial charge in [-0.25, -0.2) is 0 Å². The Morgan fingerprint density at radius 3 is 2.00 bits per heavy atom. The van der Waals surface area contributed by atoms with Crippen molar-refractivity contribution in [2.24, 2.45) is 0 Å². The summed E-state index contributed by atoms with van der Waals surface area (Å²) in [7, 11) is 3.18. The number of aryl methyl sites for hydroxylation is 1. The molecule has 0 fully saturated rings. The first-order valence-electron chi connectivity index (χ1n) is 5.56. The van der Waals surface area contributed by atoms with E-state index in [1.807, 2.05) is 0 Å². The van der Waals surface area contributed by atoms with Gasteiger partial charge in [-0.15, -0.1) is 0 Å². The van der Waals surface area contributed by atoms with Crippen molar-refractivity contribution in [2.75, 3.05) is 14.1 Å². The molecule has 2 heteroatoms. The minimum atomic E-state index is -1.20. The van der Waals surface area contributed by atoms with Gasteiger partial charge in [0.2, 0.25) is 0 Å². The van der Waals surface area contributed by atoms with Crippen LogP contribution in [0.1, 0.15) is 16.8 Å². The highest BCUT2D eigenvalue weighted by Crippen LogP contribution is 2.30. The van der Waals surface area contributed by atoms with Crippen molar-refractivity contribution in [3.63, 3.8) is 0 Å². The normalized spacial score (nSPS) is 14.3. The smallest absolute Gasteiger partial charge is 0.0694 e. The van der Waals surface area contributed by atoms with Crippen LogP contribution in [0.15, 0.2) is 24.3 Å². The van der Waals surface area contributed by atoms with Gasteiger partial charge in [-0.3, -0.25) is 0 Å². The summed E-state index contributed by atoms with van der Waals surface area (Å²) in [5.74, 6) is 0. The molecule has 0 saturated carbocycles. The van der Waals surface area contributed by atoms with Gasteiger partial charge in [-0.1, -0.05) is 43.9 Å². The number of benzene rings is 1. The van der Waals surface area contributed by atoms with Gasteiger partial charge < -0.3 is 4.90 Å². The van der Waals surface area contributed by atoms with Crippen LogP contribution in [0.2, 0.25) is 19.6 Å². The second-order valence-corrected chi connectivity index (χ2v) is 10.9. The lowest BCUT2D eigenvalue weighted by Crippen LogP contribution is -2.40. The van der Waals surface area contributed by atoms with E-state index in [2.05, 4.69) is 69.8 Å². The molecule has 0 bridgehead atoms. The number of hydrogen-bond acceptors (Lipinski definition) is 1. The topological polar surface area (TPSA) is 3.24 Å². The van der Waals surface area contributed by atoms with Gasteiger partial charge in [0.25, 0.3) is 0 Å². The molecule has 0 N–H and O–H groups in total. The van der Waals surface area contributed by atoms with Crippen LogP contribution in [-0.4, -0.2) is 27.1 Å². The first-order chi connectivity index (χ1) is 6.84. The molecule has 1 aromatic carbocycles. The van der Waals surface area contributed by atoms with Crippen LogP contribution in [0, 0.1) is 6.92 Å². The van der Waals surface area contributed by atoms with Crippen molar-refractivity contribution < 1.29 is 0 Å². The summed E-state index contributed by atoms with van der Waals surface area (Å²) >= 11 is 0. The molecule has 1 unspecified atom stereocenters. The maximum absolute atomic E-state index is 2.43. The summed E-state index contributed by atoms with van der Waals surface area (Å²) < 4.78 is 0. The number of hydrogen-bond donors (Lipinski definition) is 0.